The highest BCUT2D eigenvalue weighted by atomic mass is 32.1. The van der Waals surface area contributed by atoms with Gasteiger partial charge in [-0.2, -0.15) is 0 Å². The van der Waals surface area contributed by atoms with Crippen molar-refractivity contribution in [3.8, 4) is 0 Å². The van der Waals surface area contributed by atoms with Crippen LogP contribution in [0.5, 0.6) is 0 Å². The molecule has 0 saturated heterocycles. The zero-order valence-corrected chi connectivity index (χ0v) is 10.2. The van der Waals surface area contributed by atoms with Crippen LogP contribution in [0.15, 0.2) is 42.6 Å². The van der Waals surface area contributed by atoms with E-state index >= 15 is 0 Å². The van der Waals surface area contributed by atoms with Crippen molar-refractivity contribution in [3.05, 3.63) is 48.3 Å². The van der Waals surface area contributed by atoms with Gasteiger partial charge in [-0.3, -0.25) is 0 Å². The minimum atomic E-state index is 0.273. The average Bonchev–Trinajstić information content (AvgIpc) is 2.39. The minimum Gasteiger partial charge on any atom is -0.388 e. The Hall–Kier alpha value is -2.01. The summed E-state index contributed by atoms with van der Waals surface area (Å²) in [5.74, 6) is 0.571. The van der Waals surface area contributed by atoms with Gasteiger partial charge in [-0.25, -0.2) is 9.97 Å². The summed E-state index contributed by atoms with van der Waals surface area (Å²) in [5.41, 5.74) is 7.13. The molecule has 0 bridgehead atoms. The van der Waals surface area contributed by atoms with E-state index in [0.717, 1.165) is 5.69 Å². The molecule has 17 heavy (non-hydrogen) atoms. The maximum Gasteiger partial charge on any atom is 0.230 e. The minimum absolute atomic E-state index is 0.273. The molecule has 2 N–H and O–H groups in total. The van der Waals surface area contributed by atoms with Gasteiger partial charge in [0.05, 0.1) is 0 Å². The number of rotatable bonds is 3. The number of hydrogen-bond donors (Lipinski definition) is 1. The molecule has 0 radical (unpaired) electrons. The molecule has 0 spiro atoms. The van der Waals surface area contributed by atoms with Crippen LogP contribution in [0.1, 0.15) is 5.69 Å². The first-order valence-electron chi connectivity index (χ1n) is 5.10. The number of anilines is 2. The smallest absolute Gasteiger partial charge is 0.230 e. The van der Waals surface area contributed by atoms with Gasteiger partial charge in [-0.05, 0) is 18.2 Å². The lowest BCUT2D eigenvalue weighted by Crippen LogP contribution is -2.17. The second-order valence-electron chi connectivity index (χ2n) is 3.50. The van der Waals surface area contributed by atoms with Gasteiger partial charge in [0.25, 0.3) is 0 Å². The fourth-order valence-electron chi connectivity index (χ4n) is 1.41. The summed E-state index contributed by atoms with van der Waals surface area (Å²) in [4.78, 5) is 10.6. The lowest BCUT2D eigenvalue weighted by atomic mass is 10.3. The quantitative estimate of drug-likeness (QED) is 0.835. The maximum absolute atomic E-state index is 5.54. The van der Waals surface area contributed by atoms with Crippen molar-refractivity contribution >= 4 is 28.8 Å². The molecule has 0 unspecified atom stereocenters. The van der Waals surface area contributed by atoms with Gasteiger partial charge in [-0.1, -0.05) is 30.4 Å². The zero-order chi connectivity index (χ0) is 12.3. The Balaban J connectivity index is 2.34. The summed E-state index contributed by atoms with van der Waals surface area (Å²) in [6.45, 7) is 0. The third-order valence-electron chi connectivity index (χ3n) is 2.34. The van der Waals surface area contributed by atoms with Crippen LogP contribution in [0.4, 0.5) is 11.6 Å². The monoisotopic (exact) mass is 244 g/mol. The van der Waals surface area contributed by atoms with Gasteiger partial charge in [0.2, 0.25) is 5.95 Å². The molecule has 0 atom stereocenters. The van der Waals surface area contributed by atoms with E-state index in [1.54, 1.807) is 12.3 Å². The molecular formula is C12H12N4S. The Morgan fingerprint density at radius 3 is 2.59 bits per heavy atom. The molecule has 5 heteroatoms. The highest BCUT2D eigenvalue weighted by Gasteiger charge is 2.07. The van der Waals surface area contributed by atoms with Crippen LogP contribution in [0.3, 0.4) is 0 Å². The molecule has 1 aromatic heterocycles. The van der Waals surface area contributed by atoms with Crippen molar-refractivity contribution in [1.82, 2.24) is 9.97 Å². The number of aromatic nitrogens is 2. The van der Waals surface area contributed by atoms with Gasteiger partial charge >= 0.3 is 0 Å². The maximum atomic E-state index is 5.54. The Bertz CT molecular complexity index is 527. The molecule has 0 aliphatic rings. The van der Waals surface area contributed by atoms with Gasteiger partial charge in [0.1, 0.15) is 10.7 Å². The zero-order valence-electron chi connectivity index (χ0n) is 9.37. The summed E-state index contributed by atoms with van der Waals surface area (Å²) in [6, 6.07) is 11.5. The standard InChI is InChI=1S/C12H12N4S/c1-16(9-5-3-2-4-6-9)12-14-8-7-10(15-12)11(13)17/h2-8H,1H3,(H2,13,17). The number of para-hydroxylation sites is 1. The molecule has 0 aliphatic carbocycles. The summed E-state index contributed by atoms with van der Waals surface area (Å²) in [5, 5.41) is 0. The second kappa shape index (κ2) is 4.88. The molecule has 86 valence electrons. The molecule has 0 aliphatic heterocycles. The van der Waals surface area contributed by atoms with E-state index < -0.39 is 0 Å². The topological polar surface area (TPSA) is 55.0 Å². The SMILES string of the molecule is CN(c1ccccc1)c1nccc(C(N)=S)n1. The molecule has 1 aromatic carbocycles. The molecule has 0 fully saturated rings. The Labute approximate surface area is 105 Å². The van der Waals surface area contributed by atoms with Crippen LogP contribution < -0.4 is 10.6 Å². The molecule has 1 heterocycles. The number of thiocarbonyl (C=S) groups is 1. The lowest BCUT2D eigenvalue weighted by molar-refractivity contribution is 1.04. The predicted molar refractivity (Wildman–Crippen MR) is 72.4 cm³/mol. The van der Waals surface area contributed by atoms with E-state index in [-0.39, 0.29) is 4.99 Å². The van der Waals surface area contributed by atoms with Crippen LogP contribution >= 0.6 is 12.2 Å². The van der Waals surface area contributed by atoms with Crippen molar-refractivity contribution in [1.29, 1.82) is 0 Å². The Morgan fingerprint density at radius 1 is 1.24 bits per heavy atom. The number of nitrogens with zero attached hydrogens (tertiary/aromatic N) is 3. The lowest BCUT2D eigenvalue weighted by Gasteiger charge is -2.17. The average molecular weight is 244 g/mol. The highest BCUT2D eigenvalue weighted by Crippen LogP contribution is 2.18. The van der Waals surface area contributed by atoms with Crippen LogP contribution in [0.2, 0.25) is 0 Å². The molecule has 2 rings (SSSR count). The molecule has 0 saturated carbocycles. The number of hydrogen-bond acceptors (Lipinski definition) is 4. The fourth-order valence-corrected chi connectivity index (χ4v) is 1.53. The first-order valence-corrected chi connectivity index (χ1v) is 5.51. The van der Waals surface area contributed by atoms with E-state index in [1.165, 1.54) is 0 Å². The molecule has 4 nitrogen and oxygen atoms in total. The molecular weight excluding hydrogens is 232 g/mol. The predicted octanol–water partition coefficient (Wildman–Crippen LogP) is 1.88. The van der Waals surface area contributed by atoms with Gasteiger partial charge in [0, 0.05) is 18.9 Å². The first kappa shape index (κ1) is 11.5. The summed E-state index contributed by atoms with van der Waals surface area (Å²) >= 11 is 4.89. The van der Waals surface area contributed by atoms with Gasteiger partial charge in [-0.15, -0.1) is 0 Å². The highest BCUT2D eigenvalue weighted by molar-refractivity contribution is 7.80. The van der Waals surface area contributed by atoms with E-state index in [0.29, 0.717) is 11.6 Å². The normalized spacial score (nSPS) is 9.94. The Morgan fingerprint density at radius 2 is 1.94 bits per heavy atom. The number of benzene rings is 1. The van der Waals surface area contributed by atoms with Crippen molar-refractivity contribution in [2.45, 2.75) is 0 Å². The van der Waals surface area contributed by atoms with E-state index in [9.17, 15) is 0 Å². The van der Waals surface area contributed by atoms with Gasteiger partial charge < -0.3 is 10.6 Å². The van der Waals surface area contributed by atoms with Gasteiger partial charge in [0.15, 0.2) is 0 Å². The summed E-state index contributed by atoms with van der Waals surface area (Å²) in [6.07, 6.45) is 1.65. The van der Waals surface area contributed by atoms with Crippen LogP contribution in [0.25, 0.3) is 0 Å². The fraction of sp³-hybridized carbons (Fsp3) is 0.0833. The van der Waals surface area contributed by atoms with Crippen LogP contribution in [-0.2, 0) is 0 Å². The summed E-state index contributed by atoms with van der Waals surface area (Å²) in [7, 11) is 1.90. The van der Waals surface area contributed by atoms with Crippen molar-refractivity contribution in [2.24, 2.45) is 5.73 Å². The van der Waals surface area contributed by atoms with Crippen molar-refractivity contribution in [3.63, 3.8) is 0 Å². The van der Waals surface area contributed by atoms with E-state index in [4.69, 9.17) is 18.0 Å². The van der Waals surface area contributed by atoms with E-state index in [1.807, 2.05) is 42.3 Å². The van der Waals surface area contributed by atoms with Crippen LogP contribution in [-0.4, -0.2) is 22.0 Å². The third kappa shape index (κ3) is 2.57. The largest absolute Gasteiger partial charge is 0.388 e. The van der Waals surface area contributed by atoms with Crippen molar-refractivity contribution < 1.29 is 0 Å². The Kier molecular flexibility index (Phi) is 3.30. The summed E-state index contributed by atoms with van der Waals surface area (Å²) < 4.78 is 0. The number of nitrogens with two attached hydrogens (primary N) is 1. The van der Waals surface area contributed by atoms with E-state index in [2.05, 4.69) is 9.97 Å². The molecule has 0 amide bonds. The van der Waals surface area contributed by atoms with Crippen LogP contribution in [0, 0.1) is 0 Å². The third-order valence-corrected chi connectivity index (χ3v) is 2.55. The first-order chi connectivity index (χ1) is 8.18. The van der Waals surface area contributed by atoms with Crippen molar-refractivity contribution in [2.75, 3.05) is 11.9 Å². The second-order valence-corrected chi connectivity index (χ2v) is 3.94. The molecule has 2 aromatic rings.